The fourth-order valence-corrected chi connectivity index (χ4v) is 2.16. The Kier molecular flexibility index (Phi) is 4.70. The van der Waals surface area contributed by atoms with Gasteiger partial charge in [0.15, 0.2) is 5.84 Å². The van der Waals surface area contributed by atoms with Crippen molar-refractivity contribution in [3.8, 4) is 11.5 Å². The fraction of sp³-hybridized carbons (Fsp3) is 0.133. The maximum absolute atomic E-state index is 8.87. The minimum absolute atomic E-state index is 0.00457. The molecule has 3 N–H and O–H groups in total. The van der Waals surface area contributed by atoms with E-state index in [1.165, 1.54) is 0 Å². The Bertz CT molecular complexity index is 672. The molecular weight excluding hydrogens is 334 g/mol. The summed E-state index contributed by atoms with van der Waals surface area (Å²) in [6.07, 6.45) is 0. The third kappa shape index (κ3) is 3.66. The van der Waals surface area contributed by atoms with Crippen molar-refractivity contribution < 1.29 is 9.94 Å². The molecule has 0 unspecified atom stereocenters. The van der Waals surface area contributed by atoms with Gasteiger partial charge in [0, 0.05) is 30.3 Å². The van der Waals surface area contributed by atoms with Gasteiger partial charge >= 0.3 is 0 Å². The minimum atomic E-state index is -0.00457. The summed E-state index contributed by atoms with van der Waals surface area (Å²) in [6.45, 7) is 0. The van der Waals surface area contributed by atoms with Crippen LogP contribution in [0.5, 0.6) is 11.5 Å². The summed E-state index contributed by atoms with van der Waals surface area (Å²) in [5.41, 5.74) is 7.23. The molecule has 0 aliphatic carbocycles. The quantitative estimate of drug-likeness (QED) is 0.384. The van der Waals surface area contributed by atoms with E-state index in [1.807, 2.05) is 49.3 Å². The summed E-state index contributed by atoms with van der Waals surface area (Å²) >= 11 is 3.36. The molecule has 0 aromatic heterocycles. The lowest BCUT2D eigenvalue weighted by molar-refractivity contribution is 0.318. The second-order valence-corrected chi connectivity index (χ2v) is 5.54. The maximum Gasteiger partial charge on any atom is 0.173 e. The van der Waals surface area contributed by atoms with Crippen molar-refractivity contribution in [2.24, 2.45) is 10.9 Å². The highest BCUT2D eigenvalue weighted by Gasteiger charge is 2.10. The highest BCUT2D eigenvalue weighted by Crippen LogP contribution is 2.29. The summed E-state index contributed by atoms with van der Waals surface area (Å²) in [7, 11) is 3.92. The van der Waals surface area contributed by atoms with Crippen molar-refractivity contribution in [2.75, 3.05) is 19.0 Å². The van der Waals surface area contributed by atoms with Crippen LogP contribution in [0.25, 0.3) is 0 Å². The molecule has 0 spiro atoms. The SMILES string of the molecule is CN(C)c1cccc(Oc2ccc(Br)cc2/C(N)=N/O)c1. The first-order valence-electron chi connectivity index (χ1n) is 6.24. The molecule has 110 valence electrons. The number of oxime groups is 1. The molecule has 0 radical (unpaired) electrons. The van der Waals surface area contributed by atoms with Gasteiger partial charge in [-0.15, -0.1) is 0 Å². The maximum atomic E-state index is 8.87. The van der Waals surface area contributed by atoms with Crippen molar-refractivity contribution in [3.05, 3.63) is 52.5 Å². The van der Waals surface area contributed by atoms with Crippen LogP contribution < -0.4 is 15.4 Å². The predicted octanol–water partition coefficient (Wildman–Crippen LogP) is 3.40. The van der Waals surface area contributed by atoms with Crippen molar-refractivity contribution in [1.82, 2.24) is 0 Å². The number of hydrogen-bond donors (Lipinski definition) is 2. The molecule has 0 atom stereocenters. The number of ether oxygens (including phenoxy) is 1. The minimum Gasteiger partial charge on any atom is -0.457 e. The van der Waals surface area contributed by atoms with E-state index < -0.39 is 0 Å². The van der Waals surface area contributed by atoms with Crippen LogP contribution in [0, 0.1) is 0 Å². The van der Waals surface area contributed by atoms with Crippen LogP contribution >= 0.6 is 15.9 Å². The van der Waals surface area contributed by atoms with E-state index in [9.17, 15) is 0 Å². The van der Waals surface area contributed by atoms with Crippen LogP contribution in [0.2, 0.25) is 0 Å². The Morgan fingerprint density at radius 3 is 2.67 bits per heavy atom. The zero-order valence-electron chi connectivity index (χ0n) is 11.7. The number of benzene rings is 2. The van der Waals surface area contributed by atoms with Gasteiger partial charge in [-0.3, -0.25) is 0 Å². The fourth-order valence-electron chi connectivity index (χ4n) is 1.80. The van der Waals surface area contributed by atoms with Gasteiger partial charge in [0.1, 0.15) is 11.5 Å². The van der Waals surface area contributed by atoms with Gasteiger partial charge in [-0.05, 0) is 30.3 Å². The first-order valence-corrected chi connectivity index (χ1v) is 7.03. The summed E-state index contributed by atoms with van der Waals surface area (Å²) in [5.74, 6) is 1.19. The third-order valence-electron chi connectivity index (χ3n) is 2.89. The lowest BCUT2D eigenvalue weighted by atomic mass is 10.2. The zero-order chi connectivity index (χ0) is 15.4. The average Bonchev–Trinajstić information content (AvgIpc) is 2.48. The van der Waals surface area contributed by atoms with Crippen LogP contribution in [0.1, 0.15) is 5.56 Å². The number of rotatable bonds is 4. The summed E-state index contributed by atoms with van der Waals surface area (Å²) in [4.78, 5) is 1.99. The Labute approximate surface area is 131 Å². The predicted molar refractivity (Wildman–Crippen MR) is 87.5 cm³/mol. The highest BCUT2D eigenvalue weighted by atomic mass is 79.9. The number of anilines is 1. The van der Waals surface area contributed by atoms with E-state index in [2.05, 4.69) is 21.1 Å². The number of nitrogens with two attached hydrogens (primary N) is 1. The lowest BCUT2D eigenvalue weighted by Gasteiger charge is -2.15. The smallest absolute Gasteiger partial charge is 0.173 e. The van der Waals surface area contributed by atoms with Crippen LogP contribution in [-0.2, 0) is 0 Å². The highest BCUT2D eigenvalue weighted by molar-refractivity contribution is 9.10. The molecule has 5 nitrogen and oxygen atoms in total. The molecule has 0 saturated heterocycles. The van der Waals surface area contributed by atoms with E-state index >= 15 is 0 Å². The first-order chi connectivity index (χ1) is 10.0. The Morgan fingerprint density at radius 2 is 2.00 bits per heavy atom. The normalized spacial score (nSPS) is 11.3. The number of amidine groups is 1. The van der Waals surface area contributed by atoms with Gasteiger partial charge in [-0.2, -0.15) is 0 Å². The van der Waals surface area contributed by atoms with Gasteiger partial charge in [0.25, 0.3) is 0 Å². The Balaban J connectivity index is 2.38. The van der Waals surface area contributed by atoms with E-state index in [-0.39, 0.29) is 5.84 Å². The molecule has 0 saturated carbocycles. The van der Waals surface area contributed by atoms with Crippen molar-refractivity contribution >= 4 is 27.5 Å². The van der Waals surface area contributed by atoms with Gasteiger partial charge < -0.3 is 20.6 Å². The standard InChI is InChI=1S/C15H16BrN3O2/c1-19(2)11-4-3-5-12(9-11)21-14-7-6-10(16)8-13(14)15(17)18-20/h3-9,20H,1-2H3,(H2,17,18). The van der Waals surface area contributed by atoms with Crippen LogP contribution in [0.15, 0.2) is 52.1 Å². The Morgan fingerprint density at radius 1 is 1.24 bits per heavy atom. The molecule has 2 aromatic rings. The van der Waals surface area contributed by atoms with Gasteiger partial charge in [0.05, 0.1) is 5.56 Å². The molecule has 0 amide bonds. The summed E-state index contributed by atoms with van der Waals surface area (Å²) < 4.78 is 6.68. The molecule has 0 bridgehead atoms. The molecule has 2 aromatic carbocycles. The molecule has 0 heterocycles. The van der Waals surface area contributed by atoms with Gasteiger partial charge in [-0.25, -0.2) is 0 Å². The van der Waals surface area contributed by atoms with Crippen LogP contribution in [0.4, 0.5) is 5.69 Å². The van der Waals surface area contributed by atoms with Crippen LogP contribution in [-0.4, -0.2) is 25.1 Å². The lowest BCUT2D eigenvalue weighted by Crippen LogP contribution is -2.14. The molecule has 0 aliphatic rings. The summed E-state index contributed by atoms with van der Waals surface area (Å²) in [6, 6.07) is 13.0. The number of nitrogens with zero attached hydrogens (tertiary/aromatic N) is 2. The second kappa shape index (κ2) is 6.49. The van der Waals surface area contributed by atoms with E-state index in [0.717, 1.165) is 10.2 Å². The largest absolute Gasteiger partial charge is 0.457 e. The molecule has 6 heteroatoms. The second-order valence-electron chi connectivity index (χ2n) is 4.62. The average molecular weight is 350 g/mol. The molecule has 21 heavy (non-hydrogen) atoms. The summed E-state index contributed by atoms with van der Waals surface area (Å²) in [5, 5.41) is 11.9. The third-order valence-corrected chi connectivity index (χ3v) is 3.38. The Hall–Kier alpha value is -2.21. The van der Waals surface area contributed by atoms with E-state index in [4.69, 9.17) is 15.7 Å². The number of halogens is 1. The van der Waals surface area contributed by atoms with Crippen molar-refractivity contribution in [3.63, 3.8) is 0 Å². The van der Waals surface area contributed by atoms with Crippen molar-refractivity contribution in [2.45, 2.75) is 0 Å². The van der Waals surface area contributed by atoms with E-state index in [0.29, 0.717) is 17.1 Å². The number of hydrogen-bond acceptors (Lipinski definition) is 4. The van der Waals surface area contributed by atoms with Crippen LogP contribution in [0.3, 0.4) is 0 Å². The molecule has 0 fully saturated rings. The molecule has 0 aliphatic heterocycles. The molecule has 2 rings (SSSR count). The molecular formula is C15H16BrN3O2. The van der Waals surface area contributed by atoms with Crippen molar-refractivity contribution in [1.29, 1.82) is 0 Å². The van der Waals surface area contributed by atoms with Gasteiger partial charge in [-0.1, -0.05) is 27.2 Å². The zero-order valence-corrected chi connectivity index (χ0v) is 13.3. The first kappa shape index (κ1) is 15.2. The topological polar surface area (TPSA) is 71.1 Å². The monoisotopic (exact) mass is 349 g/mol. The van der Waals surface area contributed by atoms with Gasteiger partial charge in [0.2, 0.25) is 0 Å². The van der Waals surface area contributed by atoms with E-state index in [1.54, 1.807) is 12.1 Å².